The molecule has 1 aliphatic carbocycles. The fourth-order valence-corrected chi connectivity index (χ4v) is 5.18. The van der Waals surface area contributed by atoms with E-state index in [1.54, 1.807) is 24.3 Å². The molecule has 30 heavy (non-hydrogen) atoms. The third-order valence-corrected chi connectivity index (χ3v) is 6.67. The third kappa shape index (κ3) is 3.09. The molecule has 2 amide bonds. The van der Waals surface area contributed by atoms with Crippen LogP contribution in [0.15, 0.2) is 59.7 Å². The number of pyridine rings is 1. The standard InChI is InChI=1S/C25H25N3O2/c29-23-19-10-1-2-11-20(19)24(30)28(23)17-4-3-13-25(14-7-16-27-25)21-12-5-8-18-9-6-15-26-22(18)21/h1-2,6-7,9-11,14-16,21H,3-5,8,12-13,17H2. The second-order valence-corrected chi connectivity index (χ2v) is 8.39. The van der Waals surface area contributed by atoms with Gasteiger partial charge in [0.1, 0.15) is 0 Å². The van der Waals surface area contributed by atoms with Crippen LogP contribution in [0.1, 0.15) is 70.0 Å². The molecule has 0 radical (unpaired) electrons. The molecule has 0 bridgehead atoms. The summed E-state index contributed by atoms with van der Waals surface area (Å²) in [6.07, 6.45) is 14.0. The number of hydrogen-bond acceptors (Lipinski definition) is 4. The maximum absolute atomic E-state index is 12.6. The summed E-state index contributed by atoms with van der Waals surface area (Å²) < 4.78 is 0. The summed E-state index contributed by atoms with van der Waals surface area (Å²) in [5.74, 6) is -0.0548. The highest BCUT2D eigenvalue weighted by molar-refractivity contribution is 6.21. The van der Waals surface area contributed by atoms with Gasteiger partial charge in [-0.15, -0.1) is 0 Å². The molecule has 0 fully saturated rings. The van der Waals surface area contributed by atoms with Crippen molar-refractivity contribution in [2.75, 3.05) is 6.54 Å². The summed E-state index contributed by atoms with van der Waals surface area (Å²) in [7, 11) is 0. The number of benzene rings is 1. The Balaban J connectivity index is 1.26. The largest absolute Gasteiger partial charge is 0.282 e. The van der Waals surface area contributed by atoms with E-state index in [2.05, 4.69) is 12.1 Å². The van der Waals surface area contributed by atoms with Gasteiger partial charge in [0.2, 0.25) is 0 Å². The number of unbranched alkanes of at least 4 members (excludes halogenated alkanes) is 1. The van der Waals surface area contributed by atoms with Crippen molar-refractivity contribution >= 4 is 18.0 Å². The van der Waals surface area contributed by atoms with Gasteiger partial charge >= 0.3 is 0 Å². The predicted molar refractivity (Wildman–Crippen MR) is 116 cm³/mol. The molecule has 5 heteroatoms. The Kier molecular flexibility index (Phi) is 4.81. The number of hydrogen-bond donors (Lipinski definition) is 0. The minimum atomic E-state index is -0.258. The summed E-state index contributed by atoms with van der Waals surface area (Å²) >= 11 is 0. The maximum Gasteiger partial charge on any atom is 0.261 e. The molecule has 1 aromatic heterocycles. The molecule has 2 aliphatic heterocycles. The Morgan fingerprint density at radius 3 is 2.57 bits per heavy atom. The van der Waals surface area contributed by atoms with Crippen LogP contribution in [0.5, 0.6) is 0 Å². The van der Waals surface area contributed by atoms with Gasteiger partial charge in [0.15, 0.2) is 0 Å². The lowest BCUT2D eigenvalue weighted by Crippen LogP contribution is -2.35. The normalized spacial score (nSPS) is 24.4. The smallest absolute Gasteiger partial charge is 0.261 e. The van der Waals surface area contributed by atoms with Crippen LogP contribution in [0.2, 0.25) is 0 Å². The van der Waals surface area contributed by atoms with Crippen LogP contribution in [0, 0.1) is 0 Å². The average Bonchev–Trinajstić information content (AvgIpc) is 3.36. The molecule has 5 rings (SSSR count). The lowest BCUT2D eigenvalue weighted by molar-refractivity contribution is 0.0651. The SMILES string of the molecule is O=C1c2ccccc2C(=O)N1CCCCC1(C2CCCc3cccnc32)C=CC=N1. The van der Waals surface area contributed by atoms with Crippen molar-refractivity contribution in [1.82, 2.24) is 9.88 Å². The van der Waals surface area contributed by atoms with Gasteiger partial charge in [-0.25, -0.2) is 0 Å². The quantitative estimate of drug-likeness (QED) is 0.536. The Morgan fingerprint density at radius 2 is 1.83 bits per heavy atom. The Hall–Kier alpha value is -3.08. The summed E-state index contributed by atoms with van der Waals surface area (Å²) in [4.78, 5) is 36.1. The van der Waals surface area contributed by atoms with Crippen molar-refractivity contribution in [2.24, 2.45) is 4.99 Å². The van der Waals surface area contributed by atoms with E-state index in [0.29, 0.717) is 17.7 Å². The lowest BCUT2D eigenvalue weighted by atomic mass is 9.72. The molecule has 0 spiro atoms. The molecular weight excluding hydrogens is 374 g/mol. The Morgan fingerprint density at radius 1 is 1.03 bits per heavy atom. The monoisotopic (exact) mass is 399 g/mol. The lowest BCUT2D eigenvalue weighted by Gasteiger charge is -2.37. The minimum absolute atomic E-state index is 0.172. The molecule has 0 saturated heterocycles. The first kappa shape index (κ1) is 18.9. The van der Waals surface area contributed by atoms with E-state index in [9.17, 15) is 9.59 Å². The molecular formula is C25H25N3O2. The molecule has 3 aliphatic rings. The minimum Gasteiger partial charge on any atom is -0.282 e. The number of aryl methyl sites for hydroxylation is 1. The van der Waals surface area contributed by atoms with E-state index in [1.807, 2.05) is 24.6 Å². The number of imide groups is 1. The second-order valence-electron chi connectivity index (χ2n) is 8.39. The molecule has 3 heterocycles. The van der Waals surface area contributed by atoms with E-state index in [-0.39, 0.29) is 23.3 Å². The van der Waals surface area contributed by atoms with Crippen molar-refractivity contribution in [2.45, 2.75) is 50.0 Å². The van der Waals surface area contributed by atoms with Gasteiger partial charge in [0.05, 0.1) is 16.7 Å². The fourth-order valence-electron chi connectivity index (χ4n) is 5.18. The van der Waals surface area contributed by atoms with Gasteiger partial charge in [-0.05, 0) is 68.4 Å². The highest BCUT2D eigenvalue weighted by atomic mass is 16.2. The van der Waals surface area contributed by atoms with Gasteiger partial charge < -0.3 is 0 Å². The molecule has 152 valence electrons. The van der Waals surface area contributed by atoms with Gasteiger partial charge in [0.25, 0.3) is 11.8 Å². The first-order valence-corrected chi connectivity index (χ1v) is 10.8. The van der Waals surface area contributed by atoms with Crippen molar-refractivity contribution in [3.63, 3.8) is 0 Å². The predicted octanol–water partition coefficient (Wildman–Crippen LogP) is 4.35. The molecule has 0 N–H and O–H groups in total. The zero-order chi connectivity index (χ0) is 20.6. The number of carbonyl (C=O) groups is 2. The number of carbonyl (C=O) groups excluding carboxylic acids is 2. The van der Waals surface area contributed by atoms with Gasteiger partial charge in [-0.3, -0.25) is 24.5 Å². The van der Waals surface area contributed by atoms with Crippen LogP contribution < -0.4 is 0 Å². The number of aliphatic imine (C=N–C) groups is 1. The number of rotatable bonds is 6. The van der Waals surface area contributed by atoms with Crippen molar-refractivity contribution in [1.29, 1.82) is 0 Å². The highest BCUT2D eigenvalue weighted by Crippen LogP contribution is 2.44. The van der Waals surface area contributed by atoms with Gasteiger partial charge in [-0.1, -0.05) is 24.3 Å². The highest BCUT2D eigenvalue weighted by Gasteiger charge is 2.41. The van der Waals surface area contributed by atoms with E-state index >= 15 is 0 Å². The Labute approximate surface area is 176 Å². The van der Waals surface area contributed by atoms with Crippen molar-refractivity contribution in [3.8, 4) is 0 Å². The number of allylic oxidation sites excluding steroid dienone is 1. The van der Waals surface area contributed by atoms with E-state index in [1.165, 1.54) is 16.2 Å². The summed E-state index contributed by atoms with van der Waals surface area (Å²) in [5.41, 5.74) is 3.31. The zero-order valence-electron chi connectivity index (χ0n) is 17.0. The number of nitrogens with zero attached hydrogens (tertiary/aromatic N) is 3. The number of aromatic nitrogens is 1. The van der Waals surface area contributed by atoms with Crippen LogP contribution >= 0.6 is 0 Å². The van der Waals surface area contributed by atoms with Crippen LogP contribution in [0.4, 0.5) is 0 Å². The van der Waals surface area contributed by atoms with Crippen LogP contribution in [-0.4, -0.2) is 40.0 Å². The number of amides is 2. The van der Waals surface area contributed by atoms with Gasteiger partial charge in [-0.2, -0.15) is 0 Å². The molecule has 0 saturated carbocycles. The summed E-state index contributed by atoms with van der Waals surface area (Å²) in [6.45, 7) is 0.454. The molecule has 2 unspecified atom stereocenters. The molecule has 5 nitrogen and oxygen atoms in total. The zero-order valence-corrected chi connectivity index (χ0v) is 17.0. The molecule has 2 aromatic rings. The molecule has 1 aromatic carbocycles. The van der Waals surface area contributed by atoms with Crippen LogP contribution in [-0.2, 0) is 6.42 Å². The summed E-state index contributed by atoms with van der Waals surface area (Å²) in [5, 5.41) is 0. The first-order valence-electron chi connectivity index (χ1n) is 10.8. The van der Waals surface area contributed by atoms with E-state index < -0.39 is 0 Å². The summed E-state index contributed by atoms with van der Waals surface area (Å²) in [6, 6.07) is 11.3. The topological polar surface area (TPSA) is 62.6 Å². The third-order valence-electron chi connectivity index (χ3n) is 6.67. The number of fused-ring (bicyclic) bond motifs is 2. The van der Waals surface area contributed by atoms with E-state index in [4.69, 9.17) is 9.98 Å². The second kappa shape index (κ2) is 7.63. The first-order chi connectivity index (χ1) is 14.7. The van der Waals surface area contributed by atoms with Crippen LogP contribution in [0.3, 0.4) is 0 Å². The maximum atomic E-state index is 12.6. The van der Waals surface area contributed by atoms with Crippen LogP contribution in [0.25, 0.3) is 0 Å². The fraction of sp³-hybridized carbons (Fsp3) is 0.360. The Bertz CT molecular complexity index is 1010. The van der Waals surface area contributed by atoms with E-state index in [0.717, 1.165) is 38.5 Å². The molecule has 2 atom stereocenters. The van der Waals surface area contributed by atoms with Crippen molar-refractivity contribution < 1.29 is 9.59 Å². The average molecular weight is 399 g/mol. The van der Waals surface area contributed by atoms with Gasteiger partial charge in [0, 0.05) is 30.6 Å². The van der Waals surface area contributed by atoms with Crippen molar-refractivity contribution in [3.05, 3.63) is 77.1 Å².